The molecule has 1 fully saturated rings. The van der Waals surface area contributed by atoms with E-state index >= 15 is 0 Å². The van der Waals surface area contributed by atoms with Crippen molar-refractivity contribution in [2.75, 3.05) is 0 Å². The lowest BCUT2D eigenvalue weighted by Gasteiger charge is -2.27. The van der Waals surface area contributed by atoms with Gasteiger partial charge >= 0.3 is 0 Å². The summed E-state index contributed by atoms with van der Waals surface area (Å²) in [6.45, 7) is 4.16. The molecule has 2 N–H and O–H groups in total. The van der Waals surface area contributed by atoms with Gasteiger partial charge in [-0.2, -0.15) is 9.36 Å². The van der Waals surface area contributed by atoms with Gasteiger partial charge in [-0.15, -0.1) is 0 Å². The monoisotopic (exact) mass is 241 g/mol. The third-order valence-corrected chi connectivity index (χ3v) is 3.57. The molecule has 2 atom stereocenters. The van der Waals surface area contributed by atoms with Gasteiger partial charge in [0.1, 0.15) is 11.9 Å². The summed E-state index contributed by atoms with van der Waals surface area (Å²) >= 11 is 1.33. The highest BCUT2D eigenvalue weighted by Gasteiger charge is 2.24. The third kappa shape index (κ3) is 2.71. The summed E-state index contributed by atoms with van der Waals surface area (Å²) in [7, 11) is 0. The number of nitrogens with zero attached hydrogens (tertiary/aromatic N) is 2. The van der Waals surface area contributed by atoms with Crippen LogP contribution in [-0.4, -0.2) is 21.5 Å². The van der Waals surface area contributed by atoms with Crippen molar-refractivity contribution < 1.29 is 4.74 Å². The zero-order valence-corrected chi connectivity index (χ0v) is 10.7. The average Bonchev–Trinajstić information content (AvgIpc) is 2.70. The van der Waals surface area contributed by atoms with Crippen molar-refractivity contribution in [2.24, 2.45) is 5.73 Å². The van der Waals surface area contributed by atoms with Crippen molar-refractivity contribution in [3.05, 3.63) is 5.82 Å². The molecule has 5 heteroatoms. The van der Waals surface area contributed by atoms with Gasteiger partial charge in [-0.3, -0.25) is 0 Å². The molecule has 2 rings (SSSR count). The summed E-state index contributed by atoms with van der Waals surface area (Å²) in [5, 5.41) is 0.672. The predicted octanol–water partition coefficient (Wildman–Crippen LogP) is 2.31. The second-order valence-corrected chi connectivity index (χ2v) is 5.39. The van der Waals surface area contributed by atoms with Crippen LogP contribution in [0.4, 0.5) is 0 Å². The zero-order chi connectivity index (χ0) is 11.5. The van der Waals surface area contributed by atoms with Gasteiger partial charge in [-0.05, 0) is 19.3 Å². The van der Waals surface area contributed by atoms with E-state index in [-0.39, 0.29) is 12.1 Å². The molecule has 0 amide bonds. The van der Waals surface area contributed by atoms with Crippen LogP contribution in [0.3, 0.4) is 0 Å². The van der Waals surface area contributed by atoms with E-state index in [9.17, 15) is 0 Å². The van der Waals surface area contributed by atoms with Gasteiger partial charge in [0, 0.05) is 23.5 Å². The Hall–Kier alpha value is -0.680. The molecule has 0 saturated heterocycles. The largest absolute Gasteiger partial charge is 0.464 e. The average molecular weight is 241 g/mol. The number of hydrogen-bond acceptors (Lipinski definition) is 5. The van der Waals surface area contributed by atoms with Crippen LogP contribution in [0.1, 0.15) is 51.3 Å². The topological polar surface area (TPSA) is 61.0 Å². The summed E-state index contributed by atoms with van der Waals surface area (Å²) in [5.41, 5.74) is 6.02. The molecule has 90 valence electrons. The summed E-state index contributed by atoms with van der Waals surface area (Å²) < 4.78 is 10.1. The molecule has 0 bridgehead atoms. The third-order valence-electron chi connectivity index (χ3n) is 2.95. The summed E-state index contributed by atoms with van der Waals surface area (Å²) in [5.74, 6) is 1.22. The van der Waals surface area contributed by atoms with Crippen molar-refractivity contribution in [2.45, 2.75) is 57.6 Å². The summed E-state index contributed by atoms with van der Waals surface area (Å²) in [6, 6.07) is 0.153. The Morgan fingerprint density at radius 2 is 2.12 bits per heavy atom. The van der Waals surface area contributed by atoms with Gasteiger partial charge in [-0.1, -0.05) is 20.3 Å². The highest BCUT2D eigenvalue weighted by Crippen LogP contribution is 2.25. The SMILES string of the molecule is CC(C)c1nsc(OC2CCCCC2N)n1. The minimum Gasteiger partial charge on any atom is -0.464 e. The molecule has 0 aromatic carbocycles. The fourth-order valence-electron chi connectivity index (χ4n) is 1.90. The molecular formula is C11H19N3OS. The first-order valence-electron chi connectivity index (χ1n) is 5.92. The highest BCUT2D eigenvalue weighted by atomic mass is 32.1. The van der Waals surface area contributed by atoms with E-state index in [1.54, 1.807) is 0 Å². The second kappa shape index (κ2) is 5.10. The Kier molecular flexibility index (Phi) is 3.76. The van der Waals surface area contributed by atoms with Crippen LogP contribution in [0.15, 0.2) is 0 Å². The number of hydrogen-bond donors (Lipinski definition) is 1. The van der Waals surface area contributed by atoms with Crippen molar-refractivity contribution in [3.8, 4) is 5.19 Å². The minimum atomic E-state index is 0.127. The second-order valence-electron chi connectivity index (χ2n) is 4.68. The minimum absolute atomic E-state index is 0.127. The fraction of sp³-hybridized carbons (Fsp3) is 0.818. The van der Waals surface area contributed by atoms with E-state index in [0.29, 0.717) is 11.1 Å². The van der Waals surface area contributed by atoms with Gasteiger partial charge < -0.3 is 10.5 Å². The highest BCUT2D eigenvalue weighted by molar-refractivity contribution is 7.07. The standard InChI is InChI=1S/C11H19N3OS/c1-7(2)10-13-11(16-14-10)15-9-6-4-3-5-8(9)12/h7-9H,3-6,12H2,1-2H3. The van der Waals surface area contributed by atoms with Crippen molar-refractivity contribution >= 4 is 11.5 Å². The van der Waals surface area contributed by atoms with Crippen LogP contribution < -0.4 is 10.5 Å². The molecule has 4 nitrogen and oxygen atoms in total. The number of nitrogens with two attached hydrogens (primary N) is 1. The van der Waals surface area contributed by atoms with E-state index < -0.39 is 0 Å². The molecule has 1 saturated carbocycles. The summed E-state index contributed by atoms with van der Waals surface area (Å²) in [4.78, 5) is 4.37. The normalized spacial score (nSPS) is 26.0. The summed E-state index contributed by atoms with van der Waals surface area (Å²) in [6.07, 6.45) is 4.64. The lowest BCUT2D eigenvalue weighted by atomic mass is 9.93. The molecule has 16 heavy (non-hydrogen) atoms. The Bertz CT molecular complexity index is 340. The molecule has 1 heterocycles. The molecule has 0 aliphatic heterocycles. The van der Waals surface area contributed by atoms with Crippen LogP contribution in [0.25, 0.3) is 0 Å². The number of ether oxygens (including phenoxy) is 1. The van der Waals surface area contributed by atoms with Gasteiger partial charge in [0.05, 0.1) is 0 Å². The number of rotatable bonds is 3. The van der Waals surface area contributed by atoms with E-state index in [1.165, 1.54) is 24.4 Å². The van der Waals surface area contributed by atoms with Gasteiger partial charge in [0.15, 0.2) is 0 Å². The van der Waals surface area contributed by atoms with Crippen LogP contribution in [-0.2, 0) is 0 Å². The molecule has 1 aliphatic rings. The molecule has 0 spiro atoms. The van der Waals surface area contributed by atoms with Crippen LogP contribution in [0.2, 0.25) is 0 Å². The first-order valence-corrected chi connectivity index (χ1v) is 6.70. The fourth-order valence-corrected chi connectivity index (χ4v) is 2.63. The molecular weight excluding hydrogens is 222 g/mol. The predicted molar refractivity (Wildman–Crippen MR) is 64.9 cm³/mol. The van der Waals surface area contributed by atoms with Gasteiger partial charge in [-0.25, -0.2) is 0 Å². The van der Waals surface area contributed by atoms with E-state index in [2.05, 4.69) is 23.2 Å². The Morgan fingerprint density at radius 1 is 1.38 bits per heavy atom. The maximum absolute atomic E-state index is 6.02. The van der Waals surface area contributed by atoms with Crippen molar-refractivity contribution in [1.82, 2.24) is 9.36 Å². The van der Waals surface area contributed by atoms with Gasteiger partial charge in [0.2, 0.25) is 0 Å². The van der Waals surface area contributed by atoms with Crippen LogP contribution in [0.5, 0.6) is 5.19 Å². The molecule has 1 aromatic rings. The lowest BCUT2D eigenvalue weighted by molar-refractivity contribution is 0.131. The smallest absolute Gasteiger partial charge is 0.293 e. The van der Waals surface area contributed by atoms with Crippen LogP contribution >= 0.6 is 11.5 Å². The first kappa shape index (κ1) is 11.8. The Morgan fingerprint density at radius 3 is 2.75 bits per heavy atom. The van der Waals surface area contributed by atoms with E-state index in [1.807, 2.05) is 0 Å². The van der Waals surface area contributed by atoms with E-state index in [4.69, 9.17) is 10.5 Å². The molecule has 1 aliphatic carbocycles. The van der Waals surface area contributed by atoms with Crippen molar-refractivity contribution in [1.29, 1.82) is 0 Å². The maximum Gasteiger partial charge on any atom is 0.293 e. The van der Waals surface area contributed by atoms with E-state index in [0.717, 1.165) is 18.7 Å². The zero-order valence-electron chi connectivity index (χ0n) is 9.85. The molecule has 0 radical (unpaired) electrons. The van der Waals surface area contributed by atoms with Gasteiger partial charge in [0.25, 0.3) is 5.19 Å². The lowest BCUT2D eigenvalue weighted by Crippen LogP contribution is -2.41. The Labute approximate surface area is 100 Å². The number of aromatic nitrogens is 2. The molecule has 2 unspecified atom stereocenters. The van der Waals surface area contributed by atoms with Crippen LogP contribution in [0, 0.1) is 0 Å². The molecule has 1 aromatic heterocycles. The van der Waals surface area contributed by atoms with Crippen molar-refractivity contribution in [3.63, 3.8) is 0 Å². The quantitative estimate of drug-likeness (QED) is 0.882. The maximum atomic E-state index is 6.02. The Balaban J connectivity index is 1.97. The first-order chi connectivity index (χ1) is 7.66.